The van der Waals surface area contributed by atoms with E-state index in [2.05, 4.69) is 82.4 Å². The maximum absolute atomic E-state index is 4.57. The summed E-state index contributed by atoms with van der Waals surface area (Å²) in [5, 5.41) is 9.06. The summed E-state index contributed by atoms with van der Waals surface area (Å²) < 4.78 is 2.08. The van der Waals surface area contributed by atoms with E-state index in [0.717, 1.165) is 42.9 Å². The van der Waals surface area contributed by atoms with E-state index >= 15 is 0 Å². The lowest BCUT2D eigenvalue weighted by molar-refractivity contribution is 0.557. The number of para-hydroxylation sites is 1. The lowest BCUT2D eigenvalue weighted by atomic mass is 9.96. The highest BCUT2D eigenvalue weighted by molar-refractivity contribution is 5.87. The van der Waals surface area contributed by atoms with E-state index in [4.69, 9.17) is 0 Å². The van der Waals surface area contributed by atoms with Crippen molar-refractivity contribution >= 4 is 5.69 Å². The van der Waals surface area contributed by atoms with Gasteiger partial charge in [0.05, 0.1) is 5.69 Å². The number of benzene rings is 2. The van der Waals surface area contributed by atoms with Gasteiger partial charge in [-0.2, -0.15) is 0 Å². The number of rotatable bonds is 3. The molecular weight excluding hydrogens is 296 g/mol. The average Bonchev–Trinajstić information content (AvgIpc) is 3.02. The number of hydrogen-bond donors (Lipinski definition) is 0. The predicted octanol–water partition coefficient (Wildman–Crippen LogP) is 4.36. The molecule has 4 heteroatoms. The van der Waals surface area contributed by atoms with Gasteiger partial charge in [0.25, 0.3) is 0 Å². The molecule has 2 aromatic carbocycles. The first-order chi connectivity index (χ1) is 11.8. The molecule has 0 amide bonds. The second kappa shape index (κ2) is 6.11. The number of fused-ring (bicyclic) bond motifs is 5. The summed E-state index contributed by atoms with van der Waals surface area (Å²) in [6.07, 6.45) is 2.26. The molecule has 0 spiro atoms. The third-order valence-electron chi connectivity index (χ3n) is 4.71. The SMILES string of the molecule is CCCCn1nnc2c1-c1ccccc1CN(C)c1ccccc1-2. The molecule has 0 fully saturated rings. The molecule has 24 heavy (non-hydrogen) atoms. The Labute approximate surface area is 142 Å². The van der Waals surface area contributed by atoms with Gasteiger partial charge in [0.1, 0.15) is 5.69 Å². The molecule has 2 heterocycles. The van der Waals surface area contributed by atoms with Crippen LogP contribution >= 0.6 is 0 Å². The molecule has 4 nitrogen and oxygen atoms in total. The third-order valence-corrected chi connectivity index (χ3v) is 4.71. The van der Waals surface area contributed by atoms with Crippen LogP contribution in [0.1, 0.15) is 25.3 Å². The fourth-order valence-corrected chi connectivity index (χ4v) is 3.46. The molecular formula is C20H22N4. The van der Waals surface area contributed by atoms with Gasteiger partial charge in [-0.05, 0) is 18.1 Å². The summed E-state index contributed by atoms with van der Waals surface area (Å²) >= 11 is 0. The molecule has 1 aromatic heterocycles. The zero-order chi connectivity index (χ0) is 16.5. The van der Waals surface area contributed by atoms with Crippen molar-refractivity contribution in [3.8, 4) is 22.5 Å². The molecule has 0 aliphatic carbocycles. The number of unbranched alkanes of at least 4 members (excludes halogenated alkanes) is 1. The molecule has 1 aliphatic rings. The molecule has 0 saturated carbocycles. The minimum absolute atomic E-state index is 0.881. The van der Waals surface area contributed by atoms with Crippen LogP contribution in [-0.4, -0.2) is 22.0 Å². The van der Waals surface area contributed by atoms with Crippen LogP contribution in [0.5, 0.6) is 0 Å². The van der Waals surface area contributed by atoms with Crippen molar-refractivity contribution in [1.29, 1.82) is 0 Å². The highest BCUT2D eigenvalue weighted by Crippen LogP contribution is 2.40. The zero-order valence-corrected chi connectivity index (χ0v) is 14.2. The lowest BCUT2D eigenvalue weighted by Gasteiger charge is -2.26. The maximum Gasteiger partial charge on any atom is 0.123 e. The van der Waals surface area contributed by atoms with Crippen molar-refractivity contribution in [3.05, 3.63) is 54.1 Å². The highest BCUT2D eigenvalue weighted by Gasteiger charge is 2.24. The smallest absolute Gasteiger partial charge is 0.123 e. The number of nitrogens with zero attached hydrogens (tertiary/aromatic N) is 4. The largest absolute Gasteiger partial charge is 0.370 e. The van der Waals surface area contributed by atoms with E-state index in [1.807, 2.05) is 0 Å². The van der Waals surface area contributed by atoms with Crippen molar-refractivity contribution in [2.75, 3.05) is 11.9 Å². The number of aryl methyl sites for hydroxylation is 1. The quantitative estimate of drug-likeness (QED) is 0.719. The van der Waals surface area contributed by atoms with Gasteiger partial charge in [-0.15, -0.1) is 5.10 Å². The second-order valence-electron chi connectivity index (χ2n) is 6.39. The van der Waals surface area contributed by atoms with Gasteiger partial charge in [0.15, 0.2) is 0 Å². The fourth-order valence-electron chi connectivity index (χ4n) is 3.46. The van der Waals surface area contributed by atoms with E-state index in [0.29, 0.717) is 0 Å². The van der Waals surface area contributed by atoms with Gasteiger partial charge in [0.2, 0.25) is 0 Å². The van der Waals surface area contributed by atoms with Crippen molar-refractivity contribution in [3.63, 3.8) is 0 Å². The normalized spacial score (nSPS) is 12.8. The Morgan fingerprint density at radius 1 is 1.00 bits per heavy atom. The van der Waals surface area contributed by atoms with Crippen molar-refractivity contribution < 1.29 is 0 Å². The van der Waals surface area contributed by atoms with Gasteiger partial charge in [-0.25, -0.2) is 4.68 Å². The Balaban J connectivity index is 2.00. The van der Waals surface area contributed by atoms with Crippen LogP contribution in [0.4, 0.5) is 5.69 Å². The third kappa shape index (κ3) is 2.39. The molecule has 122 valence electrons. The summed E-state index contributed by atoms with van der Waals surface area (Å²) in [4.78, 5) is 2.29. The minimum Gasteiger partial charge on any atom is -0.370 e. The Morgan fingerprint density at radius 3 is 2.58 bits per heavy atom. The minimum atomic E-state index is 0.881. The van der Waals surface area contributed by atoms with Crippen LogP contribution in [0.2, 0.25) is 0 Å². The van der Waals surface area contributed by atoms with Gasteiger partial charge in [-0.1, -0.05) is 61.0 Å². The highest BCUT2D eigenvalue weighted by atomic mass is 15.4. The summed E-state index contributed by atoms with van der Waals surface area (Å²) in [6.45, 7) is 4.00. The first kappa shape index (κ1) is 14.9. The van der Waals surface area contributed by atoms with Crippen LogP contribution < -0.4 is 4.90 Å². The Kier molecular flexibility index (Phi) is 3.81. The van der Waals surface area contributed by atoms with E-state index in [-0.39, 0.29) is 0 Å². The van der Waals surface area contributed by atoms with Gasteiger partial charge in [0, 0.05) is 37.0 Å². The molecule has 0 radical (unpaired) electrons. The zero-order valence-electron chi connectivity index (χ0n) is 14.2. The standard InChI is InChI=1S/C20H22N4/c1-3-4-13-24-20-16-10-6-5-9-15(16)14-23(2)18-12-8-7-11-17(18)19(20)21-22-24/h5-12H,3-4,13-14H2,1-2H3. The van der Waals surface area contributed by atoms with Crippen LogP contribution in [0.3, 0.4) is 0 Å². The van der Waals surface area contributed by atoms with Gasteiger partial charge < -0.3 is 4.90 Å². The van der Waals surface area contributed by atoms with Crippen LogP contribution in [0.25, 0.3) is 22.5 Å². The van der Waals surface area contributed by atoms with E-state index in [9.17, 15) is 0 Å². The molecule has 0 saturated heterocycles. The van der Waals surface area contributed by atoms with E-state index in [1.165, 1.54) is 16.8 Å². The first-order valence-electron chi connectivity index (χ1n) is 8.62. The molecule has 0 N–H and O–H groups in total. The van der Waals surface area contributed by atoms with Crippen molar-refractivity contribution in [2.24, 2.45) is 0 Å². The van der Waals surface area contributed by atoms with Gasteiger partial charge in [-0.3, -0.25) is 0 Å². The van der Waals surface area contributed by atoms with Gasteiger partial charge >= 0.3 is 0 Å². The molecule has 0 unspecified atom stereocenters. The fraction of sp³-hybridized carbons (Fsp3) is 0.300. The number of anilines is 1. The summed E-state index contributed by atoms with van der Waals surface area (Å²) in [5.41, 5.74) is 7.06. The predicted molar refractivity (Wildman–Crippen MR) is 97.9 cm³/mol. The van der Waals surface area contributed by atoms with Crippen LogP contribution in [-0.2, 0) is 13.1 Å². The molecule has 3 aromatic rings. The summed E-state index contributed by atoms with van der Waals surface area (Å²) in [6, 6.07) is 17.1. The Hall–Kier alpha value is -2.62. The topological polar surface area (TPSA) is 34.0 Å². The van der Waals surface area contributed by atoms with Crippen molar-refractivity contribution in [2.45, 2.75) is 32.9 Å². The maximum atomic E-state index is 4.57. The van der Waals surface area contributed by atoms with Crippen LogP contribution in [0, 0.1) is 0 Å². The second-order valence-corrected chi connectivity index (χ2v) is 6.39. The lowest BCUT2D eigenvalue weighted by Crippen LogP contribution is -2.19. The molecule has 4 rings (SSSR count). The number of hydrogen-bond acceptors (Lipinski definition) is 3. The summed E-state index contributed by atoms with van der Waals surface area (Å²) in [5.74, 6) is 0. The Bertz CT molecular complexity index is 866. The van der Waals surface area contributed by atoms with E-state index < -0.39 is 0 Å². The number of aromatic nitrogens is 3. The average molecular weight is 318 g/mol. The summed E-state index contributed by atoms with van der Waals surface area (Å²) in [7, 11) is 2.14. The molecule has 1 aliphatic heterocycles. The Morgan fingerprint density at radius 2 is 1.75 bits per heavy atom. The monoisotopic (exact) mass is 318 g/mol. The molecule has 0 bridgehead atoms. The van der Waals surface area contributed by atoms with Crippen molar-refractivity contribution in [1.82, 2.24) is 15.0 Å². The molecule has 0 atom stereocenters. The van der Waals surface area contributed by atoms with Crippen LogP contribution in [0.15, 0.2) is 48.5 Å². The van der Waals surface area contributed by atoms with E-state index in [1.54, 1.807) is 0 Å². The first-order valence-corrected chi connectivity index (χ1v) is 8.62.